The Bertz CT molecular complexity index is 940. The van der Waals surface area contributed by atoms with E-state index >= 15 is 0 Å². The Morgan fingerprint density at radius 2 is 1.69 bits per heavy atom. The van der Waals surface area contributed by atoms with Crippen LogP contribution in [0.4, 0.5) is 13.2 Å². The van der Waals surface area contributed by atoms with Crippen LogP contribution < -0.4 is 4.74 Å². The minimum absolute atomic E-state index is 0.138. The van der Waals surface area contributed by atoms with Crippen LogP contribution in [-0.4, -0.2) is 57.0 Å². The molecule has 0 saturated carbocycles. The van der Waals surface area contributed by atoms with Gasteiger partial charge in [-0.05, 0) is 36.8 Å². The van der Waals surface area contributed by atoms with Gasteiger partial charge in [0.15, 0.2) is 0 Å². The molecular formula is C20H23F3N2O3S. The normalized spacial score (nSPS) is 16.7. The van der Waals surface area contributed by atoms with Crippen molar-refractivity contribution >= 4 is 10.0 Å². The van der Waals surface area contributed by atoms with Gasteiger partial charge >= 0.3 is 6.18 Å². The Hall–Kier alpha value is -2.10. The van der Waals surface area contributed by atoms with Crippen molar-refractivity contribution in [1.29, 1.82) is 0 Å². The molecule has 1 aliphatic rings. The molecule has 5 nitrogen and oxygen atoms in total. The van der Waals surface area contributed by atoms with Gasteiger partial charge in [-0.15, -0.1) is 0 Å². The fourth-order valence-corrected chi connectivity index (χ4v) is 4.89. The Balaban J connectivity index is 1.58. The number of piperazine rings is 1. The van der Waals surface area contributed by atoms with Crippen molar-refractivity contribution in [3.05, 3.63) is 59.7 Å². The summed E-state index contributed by atoms with van der Waals surface area (Å²) in [5, 5.41) is 0. The molecule has 1 saturated heterocycles. The first kappa shape index (κ1) is 21.6. The van der Waals surface area contributed by atoms with E-state index in [0.29, 0.717) is 26.2 Å². The van der Waals surface area contributed by atoms with E-state index < -0.39 is 26.7 Å². The van der Waals surface area contributed by atoms with Gasteiger partial charge in [-0.1, -0.05) is 24.3 Å². The van der Waals surface area contributed by atoms with Crippen molar-refractivity contribution < 1.29 is 26.3 Å². The third-order valence-corrected chi connectivity index (χ3v) is 6.76. The number of sulfonamides is 1. The number of halogens is 3. The maximum Gasteiger partial charge on any atom is 0.417 e. The van der Waals surface area contributed by atoms with Gasteiger partial charge in [0.1, 0.15) is 12.4 Å². The molecule has 1 fully saturated rings. The van der Waals surface area contributed by atoms with Gasteiger partial charge in [0.2, 0.25) is 10.0 Å². The smallest absolute Gasteiger partial charge is 0.417 e. The highest BCUT2D eigenvalue weighted by molar-refractivity contribution is 7.89. The number of hydrogen-bond acceptors (Lipinski definition) is 4. The second-order valence-electron chi connectivity index (χ2n) is 6.90. The summed E-state index contributed by atoms with van der Waals surface area (Å²) in [5.41, 5.74) is -0.0329. The third-order valence-electron chi connectivity index (χ3n) is 4.81. The Morgan fingerprint density at radius 1 is 1.00 bits per heavy atom. The molecule has 1 heterocycles. The topological polar surface area (TPSA) is 49.9 Å². The van der Waals surface area contributed by atoms with E-state index in [4.69, 9.17) is 4.74 Å². The molecule has 9 heteroatoms. The molecule has 0 amide bonds. The van der Waals surface area contributed by atoms with Crippen molar-refractivity contribution in [2.75, 3.05) is 39.3 Å². The van der Waals surface area contributed by atoms with Crippen LogP contribution in [0.5, 0.6) is 5.75 Å². The van der Waals surface area contributed by atoms with Crippen molar-refractivity contribution in [3.63, 3.8) is 0 Å². The first-order valence-electron chi connectivity index (χ1n) is 9.26. The molecule has 158 valence electrons. The maximum atomic E-state index is 13.2. The zero-order valence-electron chi connectivity index (χ0n) is 16.0. The second kappa shape index (κ2) is 8.73. The zero-order valence-corrected chi connectivity index (χ0v) is 16.8. The lowest BCUT2D eigenvalue weighted by molar-refractivity contribution is -0.139. The molecule has 0 aromatic heterocycles. The van der Waals surface area contributed by atoms with Crippen LogP contribution in [0.2, 0.25) is 0 Å². The molecule has 0 radical (unpaired) electrons. The average molecular weight is 428 g/mol. The molecular weight excluding hydrogens is 405 g/mol. The van der Waals surface area contributed by atoms with E-state index in [9.17, 15) is 21.6 Å². The number of aryl methyl sites for hydroxylation is 1. The molecule has 0 bridgehead atoms. The highest BCUT2D eigenvalue weighted by Gasteiger charge is 2.39. The van der Waals surface area contributed by atoms with Crippen molar-refractivity contribution in [1.82, 2.24) is 9.21 Å². The van der Waals surface area contributed by atoms with E-state index in [1.165, 1.54) is 12.1 Å². The number of nitrogens with zero attached hydrogens (tertiary/aromatic N) is 2. The minimum Gasteiger partial charge on any atom is -0.492 e. The van der Waals surface area contributed by atoms with Crippen molar-refractivity contribution in [2.45, 2.75) is 18.0 Å². The summed E-state index contributed by atoms with van der Waals surface area (Å²) in [6, 6.07) is 12.0. The summed E-state index contributed by atoms with van der Waals surface area (Å²) in [6.45, 7) is 4.19. The van der Waals surface area contributed by atoms with Crippen LogP contribution in [0.15, 0.2) is 53.4 Å². The van der Waals surface area contributed by atoms with Crippen LogP contribution in [0.25, 0.3) is 0 Å². The summed E-state index contributed by atoms with van der Waals surface area (Å²) in [5.74, 6) is 0.773. The van der Waals surface area contributed by atoms with E-state index in [-0.39, 0.29) is 13.1 Å². The van der Waals surface area contributed by atoms with E-state index in [2.05, 4.69) is 0 Å². The summed E-state index contributed by atoms with van der Waals surface area (Å²) in [4.78, 5) is 1.35. The predicted octanol–water partition coefficient (Wildman–Crippen LogP) is 3.40. The van der Waals surface area contributed by atoms with Crippen molar-refractivity contribution in [2.24, 2.45) is 0 Å². The number of alkyl halides is 3. The van der Waals surface area contributed by atoms with E-state index in [0.717, 1.165) is 27.8 Å². The highest BCUT2D eigenvalue weighted by atomic mass is 32.2. The summed E-state index contributed by atoms with van der Waals surface area (Å²) < 4.78 is 72.0. The molecule has 2 aromatic carbocycles. The lowest BCUT2D eigenvalue weighted by Gasteiger charge is -2.34. The van der Waals surface area contributed by atoms with Gasteiger partial charge in [-0.25, -0.2) is 8.42 Å². The minimum atomic E-state index is -4.72. The number of ether oxygens (including phenoxy) is 1. The summed E-state index contributed by atoms with van der Waals surface area (Å²) in [7, 11) is -4.21. The van der Waals surface area contributed by atoms with Gasteiger partial charge in [-0.2, -0.15) is 17.5 Å². The lowest BCUT2D eigenvalue weighted by atomic mass is 10.2. The van der Waals surface area contributed by atoms with Gasteiger partial charge < -0.3 is 4.74 Å². The highest BCUT2D eigenvalue weighted by Crippen LogP contribution is 2.35. The SMILES string of the molecule is Cc1cccc(OCCN2CCN(S(=O)(=O)c3ccccc3C(F)(F)F)CC2)c1. The van der Waals surface area contributed by atoms with E-state index in [1.54, 1.807) is 0 Å². The largest absolute Gasteiger partial charge is 0.492 e. The molecule has 3 rings (SSSR count). The first-order valence-corrected chi connectivity index (χ1v) is 10.7. The summed E-state index contributed by atoms with van der Waals surface area (Å²) in [6.07, 6.45) is -4.72. The molecule has 0 unspecified atom stereocenters. The van der Waals surface area contributed by atoms with Gasteiger partial charge in [0.25, 0.3) is 0 Å². The van der Waals surface area contributed by atoms with Crippen LogP contribution in [0.3, 0.4) is 0 Å². The Kier molecular flexibility index (Phi) is 6.50. The predicted molar refractivity (Wildman–Crippen MR) is 103 cm³/mol. The Labute approximate surface area is 168 Å². The van der Waals surface area contributed by atoms with Crippen LogP contribution in [-0.2, 0) is 16.2 Å². The molecule has 1 aliphatic heterocycles. The molecule has 29 heavy (non-hydrogen) atoms. The lowest BCUT2D eigenvalue weighted by Crippen LogP contribution is -2.49. The molecule has 0 N–H and O–H groups in total. The molecule has 0 atom stereocenters. The third kappa shape index (κ3) is 5.29. The Morgan fingerprint density at radius 3 is 2.34 bits per heavy atom. The van der Waals surface area contributed by atoms with Gasteiger partial charge in [0, 0.05) is 32.7 Å². The fourth-order valence-electron chi connectivity index (χ4n) is 3.26. The van der Waals surface area contributed by atoms with E-state index in [1.807, 2.05) is 36.1 Å². The van der Waals surface area contributed by atoms with Gasteiger partial charge in [-0.3, -0.25) is 4.90 Å². The molecule has 2 aromatic rings. The standard InChI is InChI=1S/C20H23F3N2O3S/c1-16-5-4-6-17(15-16)28-14-13-24-9-11-25(12-10-24)29(26,27)19-8-3-2-7-18(19)20(21,22)23/h2-8,15H,9-14H2,1H3. The number of rotatable bonds is 6. The van der Waals surface area contributed by atoms with Crippen molar-refractivity contribution in [3.8, 4) is 5.75 Å². The zero-order chi connectivity index (χ0) is 21.1. The first-order chi connectivity index (χ1) is 13.7. The second-order valence-corrected chi connectivity index (χ2v) is 8.81. The van der Waals surface area contributed by atoms with Crippen LogP contribution in [0, 0.1) is 6.92 Å². The fraction of sp³-hybridized carbons (Fsp3) is 0.400. The number of benzene rings is 2. The number of hydrogen-bond donors (Lipinski definition) is 0. The summed E-state index contributed by atoms with van der Waals surface area (Å²) >= 11 is 0. The molecule has 0 aliphatic carbocycles. The molecule has 0 spiro atoms. The maximum absolute atomic E-state index is 13.2. The monoisotopic (exact) mass is 428 g/mol. The van der Waals surface area contributed by atoms with Gasteiger partial charge in [0.05, 0.1) is 10.5 Å². The quantitative estimate of drug-likeness (QED) is 0.708. The van der Waals surface area contributed by atoms with Crippen LogP contribution >= 0.6 is 0 Å². The van der Waals surface area contributed by atoms with Crippen LogP contribution in [0.1, 0.15) is 11.1 Å². The average Bonchev–Trinajstić information content (AvgIpc) is 2.68.